The summed E-state index contributed by atoms with van der Waals surface area (Å²) in [5.74, 6) is 0.924. The predicted molar refractivity (Wildman–Crippen MR) is 101 cm³/mol. The molecule has 26 heavy (non-hydrogen) atoms. The summed E-state index contributed by atoms with van der Waals surface area (Å²) in [7, 11) is 1.61. The van der Waals surface area contributed by atoms with E-state index in [0.717, 1.165) is 16.9 Å². The highest BCUT2D eigenvalue weighted by Crippen LogP contribution is 2.22. The minimum Gasteiger partial charge on any atom is -0.497 e. The Hall–Kier alpha value is -2.60. The Morgan fingerprint density at radius 1 is 1.00 bits per heavy atom. The van der Waals surface area contributed by atoms with E-state index >= 15 is 0 Å². The van der Waals surface area contributed by atoms with Crippen LogP contribution in [-0.2, 0) is 13.2 Å². The second-order valence-corrected chi connectivity index (χ2v) is 6.48. The van der Waals surface area contributed by atoms with Crippen molar-refractivity contribution in [1.29, 1.82) is 0 Å². The van der Waals surface area contributed by atoms with E-state index in [1.54, 1.807) is 36.1 Å². The van der Waals surface area contributed by atoms with Crippen molar-refractivity contribution in [2.24, 2.45) is 0 Å². The van der Waals surface area contributed by atoms with Gasteiger partial charge in [-0.25, -0.2) is 4.39 Å². The maximum Gasteiger partial charge on any atom is 0.268 e. The molecule has 6 heteroatoms. The first-order chi connectivity index (χ1) is 12.6. The number of ether oxygens (including phenoxy) is 2. The van der Waals surface area contributed by atoms with Crippen LogP contribution < -0.4 is 15.0 Å². The topological polar surface area (TPSA) is 40.5 Å². The van der Waals surface area contributed by atoms with Crippen LogP contribution in [0.5, 0.6) is 11.5 Å². The van der Waals surface area contributed by atoms with Gasteiger partial charge in [0, 0.05) is 6.20 Å². The lowest BCUT2D eigenvalue weighted by molar-refractivity contribution is 0.302. The van der Waals surface area contributed by atoms with E-state index in [4.69, 9.17) is 9.47 Å². The SMILES string of the molecule is COc1ccc(Cn2ccc(OCc3ccc(F)cc3)c(Br)c2=O)cc1. The molecule has 4 nitrogen and oxygen atoms in total. The molecule has 0 aliphatic heterocycles. The average Bonchev–Trinajstić information content (AvgIpc) is 2.67. The third kappa shape index (κ3) is 4.32. The summed E-state index contributed by atoms with van der Waals surface area (Å²) in [6, 6.07) is 15.3. The molecular formula is C20H17BrFNO3. The van der Waals surface area contributed by atoms with Crippen LogP contribution in [0.3, 0.4) is 0 Å². The fourth-order valence-electron chi connectivity index (χ4n) is 2.44. The number of halogens is 2. The molecule has 1 heterocycles. The summed E-state index contributed by atoms with van der Waals surface area (Å²) in [4.78, 5) is 12.5. The second kappa shape index (κ2) is 8.19. The quantitative estimate of drug-likeness (QED) is 0.597. The monoisotopic (exact) mass is 417 g/mol. The molecular weight excluding hydrogens is 401 g/mol. The minimum atomic E-state index is -0.295. The maximum absolute atomic E-state index is 12.9. The first kappa shape index (κ1) is 18.2. The largest absolute Gasteiger partial charge is 0.497 e. The summed E-state index contributed by atoms with van der Waals surface area (Å²) in [6.45, 7) is 0.695. The van der Waals surface area contributed by atoms with Crippen LogP contribution in [0.2, 0.25) is 0 Å². The van der Waals surface area contributed by atoms with E-state index in [2.05, 4.69) is 15.9 Å². The molecule has 0 bridgehead atoms. The summed E-state index contributed by atoms with van der Waals surface area (Å²) in [5.41, 5.74) is 1.62. The molecule has 0 aliphatic carbocycles. The molecule has 0 radical (unpaired) electrons. The number of hydrogen-bond acceptors (Lipinski definition) is 3. The standard InChI is InChI=1S/C20H17BrFNO3/c1-25-17-8-4-14(5-9-17)12-23-11-10-18(19(21)20(23)24)26-13-15-2-6-16(22)7-3-15/h2-11H,12-13H2,1H3. The summed E-state index contributed by atoms with van der Waals surface area (Å²) in [5, 5.41) is 0. The van der Waals surface area contributed by atoms with E-state index in [1.807, 2.05) is 24.3 Å². The van der Waals surface area contributed by atoms with Gasteiger partial charge in [0.05, 0.1) is 13.7 Å². The Morgan fingerprint density at radius 2 is 1.65 bits per heavy atom. The number of aromatic nitrogens is 1. The normalized spacial score (nSPS) is 10.6. The highest BCUT2D eigenvalue weighted by Gasteiger charge is 2.09. The van der Waals surface area contributed by atoms with Crippen molar-refractivity contribution in [2.75, 3.05) is 7.11 Å². The maximum atomic E-state index is 12.9. The Morgan fingerprint density at radius 3 is 2.31 bits per heavy atom. The fraction of sp³-hybridized carbons (Fsp3) is 0.150. The molecule has 0 fully saturated rings. The Labute approximate surface area is 158 Å². The molecule has 2 aromatic carbocycles. The van der Waals surface area contributed by atoms with E-state index in [0.29, 0.717) is 16.8 Å². The Balaban J connectivity index is 1.73. The molecule has 1 aromatic heterocycles. The van der Waals surface area contributed by atoms with E-state index in [-0.39, 0.29) is 18.0 Å². The lowest BCUT2D eigenvalue weighted by Gasteiger charge is -2.11. The van der Waals surface area contributed by atoms with Crippen molar-refractivity contribution < 1.29 is 13.9 Å². The van der Waals surface area contributed by atoms with Gasteiger partial charge in [0.15, 0.2) is 0 Å². The number of hydrogen-bond donors (Lipinski definition) is 0. The highest BCUT2D eigenvalue weighted by atomic mass is 79.9. The van der Waals surface area contributed by atoms with E-state index in [1.165, 1.54) is 12.1 Å². The zero-order valence-corrected chi connectivity index (χ0v) is 15.7. The highest BCUT2D eigenvalue weighted by molar-refractivity contribution is 9.10. The molecule has 134 valence electrons. The lowest BCUT2D eigenvalue weighted by Crippen LogP contribution is -2.21. The zero-order chi connectivity index (χ0) is 18.5. The van der Waals surface area contributed by atoms with Crippen LogP contribution >= 0.6 is 15.9 Å². The number of rotatable bonds is 6. The first-order valence-corrected chi connectivity index (χ1v) is 8.75. The Kier molecular flexibility index (Phi) is 5.73. The molecule has 0 atom stereocenters. The minimum absolute atomic E-state index is 0.183. The lowest BCUT2D eigenvalue weighted by atomic mass is 10.2. The molecule has 0 saturated carbocycles. The van der Waals surface area contributed by atoms with Crippen LogP contribution in [-0.4, -0.2) is 11.7 Å². The van der Waals surface area contributed by atoms with Gasteiger partial charge >= 0.3 is 0 Å². The van der Waals surface area contributed by atoms with Crippen LogP contribution in [0.25, 0.3) is 0 Å². The fourth-order valence-corrected chi connectivity index (χ4v) is 2.91. The summed E-state index contributed by atoms with van der Waals surface area (Å²) in [6.07, 6.45) is 1.69. The van der Waals surface area contributed by atoms with Crippen molar-refractivity contribution in [3.8, 4) is 11.5 Å². The van der Waals surface area contributed by atoms with Gasteiger partial charge < -0.3 is 14.0 Å². The molecule has 3 aromatic rings. The van der Waals surface area contributed by atoms with Crippen molar-refractivity contribution in [1.82, 2.24) is 4.57 Å². The smallest absolute Gasteiger partial charge is 0.268 e. The van der Waals surface area contributed by atoms with Gasteiger partial charge in [0.2, 0.25) is 0 Å². The summed E-state index contributed by atoms with van der Waals surface area (Å²) >= 11 is 3.31. The van der Waals surface area contributed by atoms with Crippen molar-refractivity contribution in [2.45, 2.75) is 13.2 Å². The molecule has 0 aliphatic rings. The number of benzene rings is 2. The van der Waals surface area contributed by atoms with Crippen LogP contribution in [0.1, 0.15) is 11.1 Å². The van der Waals surface area contributed by atoms with Crippen LogP contribution in [0.4, 0.5) is 4.39 Å². The van der Waals surface area contributed by atoms with Gasteiger partial charge in [-0.15, -0.1) is 0 Å². The molecule has 3 rings (SSSR count). The summed E-state index contributed by atoms with van der Waals surface area (Å²) < 4.78 is 25.7. The number of methoxy groups -OCH3 is 1. The van der Waals surface area contributed by atoms with Crippen LogP contribution in [0.15, 0.2) is 70.1 Å². The first-order valence-electron chi connectivity index (χ1n) is 7.96. The van der Waals surface area contributed by atoms with Gasteiger partial charge in [-0.2, -0.15) is 0 Å². The van der Waals surface area contributed by atoms with Gasteiger partial charge in [0.1, 0.15) is 28.4 Å². The van der Waals surface area contributed by atoms with Crippen molar-refractivity contribution >= 4 is 15.9 Å². The third-order valence-electron chi connectivity index (χ3n) is 3.89. The predicted octanol–water partition coefficient (Wildman–Crippen LogP) is 4.39. The van der Waals surface area contributed by atoms with Gasteiger partial charge in [-0.3, -0.25) is 4.79 Å². The van der Waals surface area contributed by atoms with Crippen molar-refractivity contribution in [3.63, 3.8) is 0 Å². The molecule has 0 N–H and O–H groups in total. The molecule has 0 amide bonds. The second-order valence-electron chi connectivity index (χ2n) is 5.69. The van der Waals surface area contributed by atoms with Gasteiger partial charge in [-0.05, 0) is 57.4 Å². The molecule has 0 spiro atoms. The zero-order valence-electron chi connectivity index (χ0n) is 14.1. The van der Waals surface area contributed by atoms with Crippen molar-refractivity contribution in [3.05, 3.63) is 92.6 Å². The Bertz CT molecular complexity index is 937. The molecule has 0 unspecified atom stereocenters. The van der Waals surface area contributed by atoms with Gasteiger partial charge in [-0.1, -0.05) is 24.3 Å². The number of nitrogens with zero attached hydrogens (tertiary/aromatic N) is 1. The van der Waals surface area contributed by atoms with E-state index in [9.17, 15) is 9.18 Å². The van der Waals surface area contributed by atoms with Crippen LogP contribution in [0, 0.1) is 5.82 Å². The van der Waals surface area contributed by atoms with E-state index < -0.39 is 0 Å². The third-order valence-corrected chi connectivity index (χ3v) is 4.62. The number of pyridine rings is 1. The average molecular weight is 418 g/mol. The van der Waals surface area contributed by atoms with Gasteiger partial charge in [0.25, 0.3) is 5.56 Å². The molecule has 0 saturated heterocycles.